The molecule has 0 bridgehead atoms. The molecular formula is C21H14ClFN2O3S2. The van der Waals surface area contributed by atoms with Crippen molar-refractivity contribution in [3.8, 4) is 10.6 Å². The van der Waals surface area contributed by atoms with Gasteiger partial charge in [-0.15, -0.1) is 22.7 Å². The normalized spacial score (nSPS) is 10.9. The van der Waals surface area contributed by atoms with E-state index in [4.69, 9.17) is 16.3 Å². The highest BCUT2D eigenvalue weighted by molar-refractivity contribution is 7.21. The molecule has 2 heterocycles. The van der Waals surface area contributed by atoms with Gasteiger partial charge in [-0.05, 0) is 30.3 Å². The van der Waals surface area contributed by atoms with E-state index in [0.717, 1.165) is 15.6 Å². The van der Waals surface area contributed by atoms with Gasteiger partial charge in [0.05, 0.1) is 10.7 Å². The highest BCUT2D eigenvalue weighted by Gasteiger charge is 2.18. The molecule has 0 atom stereocenters. The first kappa shape index (κ1) is 20.5. The summed E-state index contributed by atoms with van der Waals surface area (Å²) in [6.07, 6.45) is 0. The van der Waals surface area contributed by atoms with E-state index in [2.05, 4.69) is 10.3 Å². The molecule has 9 heteroatoms. The van der Waals surface area contributed by atoms with Gasteiger partial charge in [0.1, 0.15) is 28.9 Å². The zero-order valence-electron chi connectivity index (χ0n) is 15.4. The lowest BCUT2D eigenvalue weighted by Crippen LogP contribution is -2.30. The van der Waals surface area contributed by atoms with Crippen LogP contribution < -0.4 is 5.32 Å². The molecule has 2 aromatic heterocycles. The summed E-state index contributed by atoms with van der Waals surface area (Å²) in [5, 5.41) is 6.18. The van der Waals surface area contributed by atoms with Crippen molar-refractivity contribution in [1.29, 1.82) is 0 Å². The van der Waals surface area contributed by atoms with E-state index in [1.165, 1.54) is 34.8 Å². The molecule has 30 heavy (non-hydrogen) atoms. The number of amides is 1. The number of halogens is 2. The first-order valence-electron chi connectivity index (χ1n) is 8.82. The molecular weight excluding hydrogens is 447 g/mol. The fourth-order valence-electron chi connectivity index (χ4n) is 2.70. The number of thiophene rings is 1. The molecule has 0 saturated carbocycles. The molecule has 0 unspecified atom stereocenters. The van der Waals surface area contributed by atoms with Gasteiger partial charge < -0.3 is 10.1 Å². The van der Waals surface area contributed by atoms with E-state index in [1.54, 1.807) is 17.5 Å². The number of benzene rings is 2. The Morgan fingerprint density at radius 1 is 1.13 bits per heavy atom. The van der Waals surface area contributed by atoms with Crippen molar-refractivity contribution in [3.05, 3.63) is 75.3 Å². The van der Waals surface area contributed by atoms with E-state index in [1.807, 2.05) is 24.3 Å². The molecule has 0 aliphatic rings. The standard InChI is InChI=1S/C21H14ClFN2O3S2/c22-18-15-3-1-2-4-16(15)30-19(18)20(27)24-9-17(26)28-10-14-11-29-21(25-14)12-5-7-13(23)8-6-12/h1-8,11H,9-10H2,(H,24,27). The average Bonchev–Trinajstić information content (AvgIpc) is 3.36. The highest BCUT2D eigenvalue weighted by Crippen LogP contribution is 2.34. The molecule has 0 radical (unpaired) electrons. The Morgan fingerprint density at radius 2 is 1.90 bits per heavy atom. The van der Waals surface area contributed by atoms with Gasteiger partial charge in [-0.3, -0.25) is 9.59 Å². The number of nitrogens with zero attached hydrogens (tertiary/aromatic N) is 1. The number of ether oxygens (including phenoxy) is 1. The maximum Gasteiger partial charge on any atom is 0.325 e. The van der Waals surface area contributed by atoms with Crippen molar-refractivity contribution in [1.82, 2.24) is 10.3 Å². The summed E-state index contributed by atoms with van der Waals surface area (Å²) < 4.78 is 19.1. The van der Waals surface area contributed by atoms with Gasteiger partial charge >= 0.3 is 5.97 Å². The SMILES string of the molecule is O=C(CNC(=O)c1sc2ccccc2c1Cl)OCc1csc(-c2ccc(F)cc2)n1. The number of hydrogen-bond acceptors (Lipinski definition) is 6. The van der Waals surface area contributed by atoms with Gasteiger partial charge in [0.15, 0.2) is 0 Å². The van der Waals surface area contributed by atoms with Gasteiger partial charge in [0.2, 0.25) is 0 Å². The Labute approximate surface area is 184 Å². The van der Waals surface area contributed by atoms with Gasteiger partial charge in [-0.2, -0.15) is 0 Å². The predicted octanol–water partition coefficient (Wildman–Crippen LogP) is 5.29. The van der Waals surface area contributed by atoms with Crippen molar-refractivity contribution in [2.24, 2.45) is 0 Å². The second-order valence-corrected chi connectivity index (χ2v) is 8.52. The second kappa shape index (κ2) is 8.91. The molecule has 0 aliphatic heterocycles. The Balaban J connectivity index is 1.30. The minimum Gasteiger partial charge on any atom is -0.458 e. The summed E-state index contributed by atoms with van der Waals surface area (Å²) in [7, 11) is 0. The van der Waals surface area contributed by atoms with Crippen LogP contribution in [0.4, 0.5) is 4.39 Å². The van der Waals surface area contributed by atoms with Crippen LogP contribution in [0.5, 0.6) is 0 Å². The molecule has 4 aromatic rings. The zero-order chi connectivity index (χ0) is 21.1. The van der Waals surface area contributed by atoms with E-state index in [9.17, 15) is 14.0 Å². The number of fused-ring (bicyclic) bond motifs is 1. The summed E-state index contributed by atoms with van der Waals surface area (Å²) in [4.78, 5) is 29.1. The van der Waals surface area contributed by atoms with Crippen molar-refractivity contribution in [2.45, 2.75) is 6.61 Å². The van der Waals surface area contributed by atoms with Crippen LogP contribution in [0.1, 0.15) is 15.4 Å². The Kier molecular flexibility index (Phi) is 6.08. The van der Waals surface area contributed by atoms with Crippen LogP contribution in [0, 0.1) is 5.82 Å². The minimum absolute atomic E-state index is 0.0178. The molecule has 5 nitrogen and oxygen atoms in total. The minimum atomic E-state index is -0.586. The Morgan fingerprint density at radius 3 is 2.67 bits per heavy atom. The number of esters is 1. The van der Waals surface area contributed by atoms with Crippen LogP contribution >= 0.6 is 34.3 Å². The molecule has 2 aromatic carbocycles. The van der Waals surface area contributed by atoms with E-state index in [0.29, 0.717) is 20.6 Å². The average molecular weight is 461 g/mol. The molecule has 1 amide bonds. The summed E-state index contributed by atoms with van der Waals surface area (Å²) >= 11 is 8.91. The number of aromatic nitrogens is 1. The van der Waals surface area contributed by atoms with E-state index in [-0.39, 0.29) is 19.0 Å². The van der Waals surface area contributed by atoms with Crippen molar-refractivity contribution in [3.63, 3.8) is 0 Å². The van der Waals surface area contributed by atoms with Gasteiger partial charge in [0, 0.05) is 21.0 Å². The number of carbonyl (C=O) groups excluding carboxylic acids is 2. The van der Waals surface area contributed by atoms with E-state index < -0.39 is 11.9 Å². The third-order valence-electron chi connectivity index (χ3n) is 4.16. The summed E-state index contributed by atoms with van der Waals surface area (Å²) in [5.41, 5.74) is 1.36. The lowest BCUT2D eigenvalue weighted by Gasteiger charge is -2.05. The van der Waals surface area contributed by atoms with Gasteiger partial charge in [0.25, 0.3) is 5.91 Å². The topological polar surface area (TPSA) is 68.3 Å². The fourth-order valence-corrected chi connectivity index (χ4v) is 4.94. The van der Waals surface area contributed by atoms with Crippen molar-refractivity contribution in [2.75, 3.05) is 6.54 Å². The quantitative estimate of drug-likeness (QED) is 0.397. The van der Waals surface area contributed by atoms with Crippen LogP contribution in [0.3, 0.4) is 0 Å². The molecule has 152 valence electrons. The largest absolute Gasteiger partial charge is 0.458 e. The molecule has 0 spiro atoms. The third-order valence-corrected chi connectivity index (χ3v) is 6.77. The van der Waals surface area contributed by atoms with Crippen LogP contribution in [0.25, 0.3) is 20.7 Å². The molecule has 0 fully saturated rings. The smallest absolute Gasteiger partial charge is 0.325 e. The fraction of sp³-hybridized carbons (Fsp3) is 0.0952. The van der Waals surface area contributed by atoms with E-state index >= 15 is 0 Å². The van der Waals surface area contributed by atoms with Crippen LogP contribution in [0.15, 0.2) is 53.9 Å². The first-order valence-corrected chi connectivity index (χ1v) is 10.9. The maximum atomic E-state index is 13.0. The second-order valence-electron chi connectivity index (χ2n) is 6.24. The predicted molar refractivity (Wildman–Crippen MR) is 116 cm³/mol. The van der Waals surface area contributed by atoms with Crippen LogP contribution in [-0.4, -0.2) is 23.4 Å². The Bertz CT molecular complexity index is 1220. The lowest BCUT2D eigenvalue weighted by molar-refractivity contribution is -0.143. The third kappa shape index (κ3) is 4.51. The van der Waals surface area contributed by atoms with Crippen molar-refractivity contribution < 1.29 is 18.7 Å². The molecule has 0 saturated heterocycles. The monoisotopic (exact) mass is 460 g/mol. The number of thiazole rings is 1. The number of carbonyl (C=O) groups is 2. The zero-order valence-corrected chi connectivity index (χ0v) is 17.7. The maximum absolute atomic E-state index is 13.0. The molecule has 0 aliphatic carbocycles. The van der Waals surface area contributed by atoms with Gasteiger partial charge in [-0.25, -0.2) is 9.37 Å². The molecule has 1 N–H and O–H groups in total. The summed E-state index contributed by atoms with van der Waals surface area (Å²) in [6.45, 7) is -0.297. The van der Waals surface area contributed by atoms with Crippen molar-refractivity contribution >= 4 is 56.2 Å². The number of hydrogen-bond donors (Lipinski definition) is 1. The number of nitrogens with one attached hydrogen (secondary N) is 1. The van der Waals surface area contributed by atoms with Gasteiger partial charge in [-0.1, -0.05) is 29.8 Å². The Hall–Kier alpha value is -2.81. The summed E-state index contributed by atoms with van der Waals surface area (Å²) in [6, 6.07) is 13.4. The van der Waals surface area contributed by atoms with Crippen LogP contribution in [-0.2, 0) is 16.1 Å². The lowest BCUT2D eigenvalue weighted by atomic mass is 10.2. The number of rotatable bonds is 6. The van der Waals surface area contributed by atoms with Crippen LogP contribution in [0.2, 0.25) is 5.02 Å². The first-order chi connectivity index (χ1) is 14.5. The highest BCUT2D eigenvalue weighted by atomic mass is 35.5. The molecule has 4 rings (SSSR count). The summed E-state index contributed by atoms with van der Waals surface area (Å²) in [5.74, 6) is -1.33.